The molecule has 1 aromatic carbocycles. The summed E-state index contributed by atoms with van der Waals surface area (Å²) in [7, 11) is 0. The number of halogens is 1. The van der Waals surface area contributed by atoms with Gasteiger partial charge in [0.05, 0.1) is 5.69 Å². The average molecular weight is 193 g/mol. The van der Waals surface area contributed by atoms with Crippen molar-refractivity contribution < 1.29 is 4.39 Å². The van der Waals surface area contributed by atoms with Crippen molar-refractivity contribution >= 4 is 5.69 Å². The Kier molecular flexibility index (Phi) is 2.02. The number of anilines is 1. The SMILES string of the molecule is CC1CC(C)(C)c2cccc(F)c2N1. The Balaban J connectivity index is 2.57. The summed E-state index contributed by atoms with van der Waals surface area (Å²) < 4.78 is 13.5. The third kappa shape index (κ3) is 1.39. The second-order valence-electron chi connectivity index (χ2n) is 4.80. The number of para-hydroxylation sites is 1. The molecule has 0 bridgehead atoms. The summed E-state index contributed by atoms with van der Waals surface area (Å²) in [6, 6.07) is 5.65. The van der Waals surface area contributed by atoms with Gasteiger partial charge in [-0.15, -0.1) is 0 Å². The summed E-state index contributed by atoms with van der Waals surface area (Å²) in [5.74, 6) is -0.137. The maximum Gasteiger partial charge on any atom is 0.146 e. The summed E-state index contributed by atoms with van der Waals surface area (Å²) in [6.07, 6.45) is 1.05. The first kappa shape index (κ1) is 9.50. The Hall–Kier alpha value is -1.05. The highest BCUT2D eigenvalue weighted by Crippen LogP contribution is 2.39. The standard InChI is InChI=1S/C12H16FN/c1-8-7-12(2,3)9-5-4-6-10(13)11(9)14-8/h4-6,8,14H,7H2,1-3H3. The van der Waals surface area contributed by atoms with Gasteiger partial charge in [-0.3, -0.25) is 0 Å². The van der Waals surface area contributed by atoms with E-state index in [2.05, 4.69) is 26.1 Å². The van der Waals surface area contributed by atoms with Crippen LogP contribution in [0.3, 0.4) is 0 Å². The summed E-state index contributed by atoms with van der Waals surface area (Å²) in [5.41, 5.74) is 1.86. The van der Waals surface area contributed by atoms with Gasteiger partial charge < -0.3 is 5.32 Å². The Morgan fingerprint density at radius 1 is 1.43 bits per heavy atom. The first-order chi connectivity index (χ1) is 6.50. The van der Waals surface area contributed by atoms with Gasteiger partial charge in [0.1, 0.15) is 5.82 Å². The van der Waals surface area contributed by atoms with E-state index in [1.165, 1.54) is 6.07 Å². The van der Waals surface area contributed by atoms with E-state index in [9.17, 15) is 4.39 Å². The maximum absolute atomic E-state index is 13.5. The predicted molar refractivity (Wildman–Crippen MR) is 57.1 cm³/mol. The molecule has 1 unspecified atom stereocenters. The van der Waals surface area contributed by atoms with Crippen molar-refractivity contribution in [2.75, 3.05) is 5.32 Å². The first-order valence-electron chi connectivity index (χ1n) is 5.06. The van der Waals surface area contributed by atoms with E-state index >= 15 is 0 Å². The molecule has 0 saturated carbocycles. The highest BCUT2D eigenvalue weighted by atomic mass is 19.1. The highest BCUT2D eigenvalue weighted by molar-refractivity contribution is 5.58. The zero-order chi connectivity index (χ0) is 10.3. The summed E-state index contributed by atoms with van der Waals surface area (Å²) in [5, 5.41) is 3.21. The maximum atomic E-state index is 13.5. The van der Waals surface area contributed by atoms with Crippen LogP contribution < -0.4 is 5.32 Å². The van der Waals surface area contributed by atoms with Crippen molar-refractivity contribution in [3.8, 4) is 0 Å². The minimum absolute atomic E-state index is 0.0715. The number of benzene rings is 1. The first-order valence-corrected chi connectivity index (χ1v) is 5.06. The van der Waals surface area contributed by atoms with Crippen LogP contribution in [0.5, 0.6) is 0 Å². The van der Waals surface area contributed by atoms with Crippen LogP contribution >= 0.6 is 0 Å². The van der Waals surface area contributed by atoms with Crippen molar-refractivity contribution in [2.45, 2.75) is 38.6 Å². The third-order valence-corrected chi connectivity index (χ3v) is 2.95. The van der Waals surface area contributed by atoms with E-state index < -0.39 is 0 Å². The van der Waals surface area contributed by atoms with Crippen molar-refractivity contribution in [3.05, 3.63) is 29.6 Å². The van der Waals surface area contributed by atoms with Gasteiger partial charge in [0.2, 0.25) is 0 Å². The van der Waals surface area contributed by atoms with Crippen LogP contribution in [0.25, 0.3) is 0 Å². The molecule has 0 amide bonds. The monoisotopic (exact) mass is 193 g/mol. The number of hydrogen-bond acceptors (Lipinski definition) is 1. The van der Waals surface area contributed by atoms with Gasteiger partial charge in [0, 0.05) is 6.04 Å². The van der Waals surface area contributed by atoms with Gasteiger partial charge in [-0.1, -0.05) is 26.0 Å². The molecule has 2 rings (SSSR count). The molecule has 1 N–H and O–H groups in total. The molecular weight excluding hydrogens is 177 g/mol. The predicted octanol–water partition coefficient (Wildman–Crippen LogP) is 3.31. The molecule has 1 nitrogen and oxygen atoms in total. The lowest BCUT2D eigenvalue weighted by Crippen LogP contribution is -2.34. The molecule has 0 spiro atoms. The molecule has 1 heterocycles. The van der Waals surface area contributed by atoms with Gasteiger partial charge in [-0.05, 0) is 30.4 Å². The van der Waals surface area contributed by atoms with Crippen molar-refractivity contribution in [1.29, 1.82) is 0 Å². The van der Waals surface area contributed by atoms with Gasteiger partial charge in [-0.2, -0.15) is 0 Å². The summed E-state index contributed by atoms with van der Waals surface area (Å²) in [4.78, 5) is 0. The molecule has 0 aliphatic carbocycles. The fourth-order valence-electron chi connectivity index (χ4n) is 2.41. The van der Waals surface area contributed by atoms with Gasteiger partial charge in [-0.25, -0.2) is 4.39 Å². The molecule has 14 heavy (non-hydrogen) atoms. The number of nitrogens with one attached hydrogen (secondary N) is 1. The Morgan fingerprint density at radius 3 is 2.86 bits per heavy atom. The molecule has 76 valence electrons. The lowest BCUT2D eigenvalue weighted by atomic mass is 9.76. The van der Waals surface area contributed by atoms with E-state index in [0.717, 1.165) is 12.0 Å². The molecule has 2 heteroatoms. The second-order valence-corrected chi connectivity index (χ2v) is 4.80. The van der Waals surface area contributed by atoms with Crippen LogP contribution in [0.15, 0.2) is 18.2 Å². The normalized spacial score (nSPS) is 23.9. The average Bonchev–Trinajstić information content (AvgIpc) is 2.05. The van der Waals surface area contributed by atoms with Crippen molar-refractivity contribution in [3.63, 3.8) is 0 Å². The number of hydrogen-bond donors (Lipinski definition) is 1. The fraction of sp³-hybridized carbons (Fsp3) is 0.500. The molecule has 0 saturated heterocycles. The number of rotatable bonds is 0. The zero-order valence-electron chi connectivity index (χ0n) is 8.89. The zero-order valence-corrected chi connectivity index (χ0v) is 8.89. The molecule has 1 aliphatic heterocycles. The van der Waals surface area contributed by atoms with Gasteiger partial charge >= 0.3 is 0 Å². The summed E-state index contributed by atoms with van der Waals surface area (Å²) in [6.45, 7) is 6.43. The molecule has 0 fully saturated rings. The smallest absolute Gasteiger partial charge is 0.146 e. The van der Waals surface area contributed by atoms with Crippen LogP contribution in [0.4, 0.5) is 10.1 Å². The summed E-state index contributed by atoms with van der Waals surface area (Å²) >= 11 is 0. The van der Waals surface area contributed by atoms with Gasteiger partial charge in [0.15, 0.2) is 0 Å². The largest absolute Gasteiger partial charge is 0.380 e. The lowest BCUT2D eigenvalue weighted by molar-refractivity contribution is 0.428. The topological polar surface area (TPSA) is 12.0 Å². The van der Waals surface area contributed by atoms with Crippen molar-refractivity contribution in [1.82, 2.24) is 0 Å². The van der Waals surface area contributed by atoms with Gasteiger partial charge in [0.25, 0.3) is 0 Å². The molecule has 1 atom stereocenters. The molecule has 1 aromatic rings. The minimum atomic E-state index is -0.137. The third-order valence-electron chi connectivity index (χ3n) is 2.95. The van der Waals surface area contributed by atoms with E-state index in [1.807, 2.05) is 6.07 Å². The molecule has 1 aliphatic rings. The quantitative estimate of drug-likeness (QED) is 0.666. The van der Waals surface area contributed by atoms with Crippen LogP contribution in [-0.4, -0.2) is 6.04 Å². The van der Waals surface area contributed by atoms with Crippen LogP contribution in [-0.2, 0) is 5.41 Å². The molecular formula is C12H16FN. The fourth-order valence-corrected chi connectivity index (χ4v) is 2.41. The minimum Gasteiger partial charge on any atom is -0.380 e. The van der Waals surface area contributed by atoms with E-state index in [0.29, 0.717) is 11.7 Å². The van der Waals surface area contributed by atoms with Crippen LogP contribution in [0.2, 0.25) is 0 Å². The van der Waals surface area contributed by atoms with Crippen molar-refractivity contribution in [2.24, 2.45) is 0 Å². The lowest BCUT2D eigenvalue weighted by Gasteiger charge is -2.37. The number of fused-ring (bicyclic) bond motifs is 1. The van der Waals surface area contributed by atoms with E-state index in [1.54, 1.807) is 6.07 Å². The van der Waals surface area contributed by atoms with Crippen LogP contribution in [0.1, 0.15) is 32.8 Å². The van der Waals surface area contributed by atoms with Crippen LogP contribution in [0, 0.1) is 5.82 Å². The molecule has 0 aromatic heterocycles. The Morgan fingerprint density at radius 2 is 2.14 bits per heavy atom. The Bertz CT molecular complexity index is 357. The highest BCUT2D eigenvalue weighted by Gasteiger charge is 2.31. The van der Waals surface area contributed by atoms with E-state index in [4.69, 9.17) is 0 Å². The van der Waals surface area contributed by atoms with E-state index in [-0.39, 0.29) is 11.2 Å². The second kappa shape index (κ2) is 2.97. The molecule has 0 radical (unpaired) electrons. The Labute approximate surface area is 84.3 Å².